The second-order valence-corrected chi connectivity index (χ2v) is 9.92. The number of nitrogens with zero attached hydrogens (tertiary/aromatic N) is 1. The molecule has 0 saturated heterocycles. The summed E-state index contributed by atoms with van der Waals surface area (Å²) in [4.78, 5) is 29.1. The summed E-state index contributed by atoms with van der Waals surface area (Å²) in [6, 6.07) is 16.6. The van der Waals surface area contributed by atoms with E-state index in [2.05, 4.69) is 13.8 Å². The third-order valence-corrected chi connectivity index (χ3v) is 6.94. The molecule has 8 heteroatoms. The summed E-state index contributed by atoms with van der Waals surface area (Å²) in [6.45, 7) is 4.81. The molecule has 2 heterocycles. The highest BCUT2D eigenvalue weighted by Crippen LogP contribution is 2.44. The van der Waals surface area contributed by atoms with Crippen LogP contribution in [-0.2, 0) is 0 Å². The summed E-state index contributed by atoms with van der Waals surface area (Å²) < 4.78 is 22.9. The van der Waals surface area contributed by atoms with Crippen LogP contribution in [0.1, 0.15) is 48.0 Å². The first-order valence-corrected chi connectivity index (χ1v) is 12.8. The molecule has 0 aliphatic carbocycles. The lowest BCUT2D eigenvalue weighted by Crippen LogP contribution is -2.29. The predicted molar refractivity (Wildman–Crippen MR) is 147 cm³/mol. The van der Waals surface area contributed by atoms with Gasteiger partial charge in [0.2, 0.25) is 5.76 Å². The van der Waals surface area contributed by atoms with Crippen molar-refractivity contribution in [2.75, 3.05) is 25.7 Å². The van der Waals surface area contributed by atoms with Crippen molar-refractivity contribution in [3.63, 3.8) is 0 Å². The highest BCUT2D eigenvalue weighted by Gasteiger charge is 2.44. The maximum Gasteiger partial charge on any atom is 0.295 e. The van der Waals surface area contributed by atoms with Crippen LogP contribution in [0.2, 0.25) is 5.02 Å². The fourth-order valence-corrected chi connectivity index (χ4v) is 4.94. The van der Waals surface area contributed by atoms with E-state index in [1.165, 1.54) is 12.0 Å². The normalized spacial score (nSPS) is 14.7. The summed E-state index contributed by atoms with van der Waals surface area (Å²) in [5.41, 5.74) is 1.51. The molecule has 0 spiro atoms. The van der Waals surface area contributed by atoms with Crippen molar-refractivity contribution in [2.45, 2.75) is 26.3 Å². The number of methoxy groups -OCH3 is 2. The van der Waals surface area contributed by atoms with Gasteiger partial charge in [-0.25, -0.2) is 0 Å². The third kappa shape index (κ3) is 4.47. The molecule has 0 radical (unpaired) electrons. The van der Waals surface area contributed by atoms with Crippen LogP contribution in [0.5, 0.6) is 17.2 Å². The van der Waals surface area contributed by atoms with Crippen LogP contribution in [0.25, 0.3) is 11.0 Å². The lowest BCUT2D eigenvalue weighted by molar-refractivity contribution is 0.0971. The quantitative estimate of drug-likeness (QED) is 0.253. The van der Waals surface area contributed by atoms with Gasteiger partial charge in [0, 0.05) is 5.69 Å². The van der Waals surface area contributed by atoms with Gasteiger partial charge in [-0.05, 0) is 60.4 Å². The number of benzene rings is 3. The van der Waals surface area contributed by atoms with Gasteiger partial charge in [0.05, 0.1) is 42.8 Å². The molecular formula is C30H28ClNO6. The van der Waals surface area contributed by atoms with Crippen LogP contribution < -0.4 is 24.5 Å². The number of anilines is 1. The van der Waals surface area contributed by atoms with Crippen molar-refractivity contribution in [2.24, 2.45) is 5.92 Å². The SMILES string of the molecule is COc1ccc(N2C(=O)c3oc4ccccc4c(=O)c3C2c2ccc(OCCC(C)C)c(OC)c2)cc1Cl. The summed E-state index contributed by atoms with van der Waals surface area (Å²) in [5.74, 6) is 1.63. The molecule has 7 nitrogen and oxygen atoms in total. The molecule has 0 saturated carbocycles. The Kier molecular flexibility index (Phi) is 7.04. The van der Waals surface area contributed by atoms with Gasteiger partial charge in [-0.1, -0.05) is 43.6 Å². The third-order valence-electron chi connectivity index (χ3n) is 6.65. The van der Waals surface area contributed by atoms with E-state index in [0.29, 0.717) is 57.0 Å². The second-order valence-electron chi connectivity index (χ2n) is 9.51. The molecule has 0 fully saturated rings. The molecule has 1 aliphatic heterocycles. The molecule has 0 bridgehead atoms. The van der Waals surface area contributed by atoms with Crippen molar-refractivity contribution in [3.8, 4) is 17.2 Å². The molecule has 1 unspecified atom stereocenters. The first-order chi connectivity index (χ1) is 18.3. The average molecular weight is 534 g/mol. The Balaban J connectivity index is 1.68. The molecule has 1 aromatic heterocycles. The van der Waals surface area contributed by atoms with Gasteiger partial charge in [0.1, 0.15) is 11.3 Å². The summed E-state index contributed by atoms with van der Waals surface area (Å²) >= 11 is 6.43. The van der Waals surface area contributed by atoms with E-state index in [1.54, 1.807) is 61.7 Å². The van der Waals surface area contributed by atoms with E-state index in [-0.39, 0.29) is 16.8 Å². The lowest BCUT2D eigenvalue weighted by atomic mass is 9.97. The fraction of sp³-hybridized carbons (Fsp3) is 0.267. The van der Waals surface area contributed by atoms with Gasteiger partial charge in [0.15, 0.2) is 16.9 Å². The van der Waals surface area contributed by atoms with Crippen molar-refractivity contribution >= 4 is 34.2 Å². The molecule has 1 amide bonds. The number of hydrogen-bond acceptors (Lipinski definition) is 6. The van der Waals surface area contributed by atoms with Crippen molar-refractivity contribution < 1.29 is 23.4 Å². The van der Waals surface area contributed by atoms with Gasteiger partial charge in [-0.3, -0.25) is 14.5 Å². The lowest BCUT2D eigenvalue weighted by Gasteiger charge is -2.26. The largest absolute Gasteiger partial charge is 0.495 e. The Bertz CT molecular complexity index is 1580. The smallest absolute Gasteiger partial charge is 0.295 e. The summed E-state index contributed by atoms with van der Waals surface area (Å²) in [5, 5.41) is 0.739. The van der Waals surface area contributed by atoms with Crippen LogP contribution >= 0.6 is 11.6 Å². The van der Waals surface area contributed by atoms with Gasteiger partial charge in [0.25, 0.3) is 5.91 Å². The van der Waals surface area contributed by atoms with Gasteiger partial charge in [-0.2, -0.15) is 0 Å². The fourth-order valence-electron chi connectivity index (χ4n) is 4.68. The van der Waals surface area contributed by atoms with E-state index >= 15 is 0 Å². The van der Waals surface area contributed by atoms with Crippen molar-refractivity contribution in [3.05, 3.63) is 92.8 Å². The zero-order valence-corrected chi connectivity index (χ0v) is 22.4. The monoisotopic (exact) mass is 533 g/mol. The van der Waals surface area contributed by atoms with Gasteiger partial charge >= 0.3 is 0 Å². The zero-order valence-electron chi connectivity index (χ0n) is 21.6. The first kappa shape index (κ1) is 25.7. The van der Waals surface area contributed by atoms with Crippen LogP contribution in [-0.4, -0.2) is 26.7 Å². The number of amides is 1. The first-order valence-electron chi connectivity index (χ1n) is 12.4. The summed E-state index contributed by atoms with van der Waals surface area (Å²) in [7, 11) is 3.08. The van der Waals surface area contributed by atoms with Gasteiger partial charge in [-0.15, -0.1) is 0 Å². The van der Waals surface area contributed by atoms with E-state index in [9.17, 15) is 9.59 Å². The van der Waals surface area contributed by atoms with Gasteiger partial charge < -0.3 is 18.6 Å². The minimum atomic E-state index is -0.776. The molecule has 38 heavy (non-hydrogen) atoms. The van der Waals surface area contributed by atoms with Crippen LogP contribution in [0, 0.1) is 5.92 Å². The number of carbonyl (C=O) groups is 1. The van der Waals surface area contributed by atoms with E-state index in [0.717, 1.165) is 6.42 Å². The summed E-state index contributed by atoms with van der Waals surface area (Å²) in [6.07, 6.45) is 0.898. The molecule has 5 rings (SSSR count). The zero-order chi connectivity index (χ0) is 27.0. The van der Waals surface area contributed by atoms with Crippen LogP contribution in [0.3, 0.4) is 0 Å². The minimum absolute atomic E-state index is 0.00173. The highest BCUT2D eigenvalue weighted by atomic mass is 35.5. The maximum absolute atomic E-state index is 13.8. The molecule has 3 aromatic carbocycles. The second kappa shape index (κ2) is 10.4. The molecule has 1 atom stereocenters. The predicted octanol–water partition coefficient (Wildman–Crippen LogP) is 6.64. The number of hydrogen-bond donors (Lipinski definition) is 0. The van der Waals surface area contributed by atoms with E-state index in [4.69, 9.17) is 30.2 Å². The molecule has 4 aromatic rings. The number of para-hydroxylation sites is 1. The Morgan fingerprint density at radius 2 is 1.68 bits per heavy atom. The van der Waals surface area contributed by atoms with Crippen LogP contribution in [0.15, 0.2) is 69.9 Å². The van der Waals surface area contributed by atoms with E-state index in [1.807, 2.05) is 6.07 Å². The average Bonchev–Trinajstić information content (AvgIpc) is 3.21. The topological polar surface area (TPSA) is 78.2 Å². The highest BCUT2D eigenvalue weighted by molar-refractivity contribution is 6.32. The Morgan fingerprint density at radius 1 is 0.947 bits per heavy atom. The Morgan fingerprint density at radius 3 is 2.39 bits per heavy atom. The van der Waals surface area contributed by atoms with Crippen LogP contribution in [0.4, 0.5) is 5.69 Å². The number of fused-ring (bicyclic) bond motifs is 2. The minimum Gasteiger partial charge on any atom is -0.495 e. The van der Waals surface area contributed by atoms with E-state index < -0.39 is 11.9 Å². The number of halogens is 1. The number of ether oxygens (including phenoxy) is 3. The Hall–Kier alpha value is -3.97. The number of carbonyl (C=O) groups excluding carboxylic acids is 1. The molecular weight excluding hydrogens is 506 g/mol. The molecule has 196 valence electrons. The van der Waals surface area contributed by atoms with Crippen molar-refractivity contribution in [1.82, 2.24) is 0 Å². The van der Waals surface area contributed by atoms with Crippen molar-refractivity contribution in [1.29, 1.82) is 0 Å². The molecule has 1 aliphatic rings. The Labute approximate surface area is 225 Å². The standard InChI is InChI=1S/C30H28ClNO6/c1-17(2)13-14-37-24-11-9-18(15-25(24)36-4)27-26-28(33)20-7-5-6-8-22(20)38-29(26)30(34)32(27)19-10-12-23(35-3)21(31)16-19/h5-12,15-17,27H,13-14H2,1-4H3. The number of rotatable bonds is 8. The molecule has 0 N–H and O–H groups in total. The maximum atomic E-state index is 13.8.